The van der Waals surface area contributed by atoms with Gasteiger partial charge in [-0.1, -0.05) is 18.2 Å². The normalized spacial score (nSPS) is 11.1. The quantitative estimate of drug-likeness (QED) is 0.496. The topological polar surface area (TPSA) is 49.2 Å². The molecule has 1 aromatic heterocycles. The Morgan fingerprint density at radius 3 is 2.94 bits per heavy atom. The molecule has 0 N–H and O–H groups in total. The number of hydrogen-bond acceptors (Lipinski definition) is 4. The van der Waals surface area contributed by atoms with Crippen LogP contribution in [0.3, 0.4) is 0 Å². The molecular weight excluding hydrogens is 206 g/mol. The van der Waals surface area contributed by atoms with Crippen LogP contribution in [0.25, 0.3) is 0 Å². The van der Waals surface area contributed by atoms with E-state index in [9.17, 15) is 0 Å². The van der Waals surface area contributed by atoms with Crippen molar-refractivity contribution in [2.45, 2.75) is 26.8 Å². The molecule has 0 saturated heterocycles. The Kier molecular flexibility index (Phi) is 6.25. The van der Waals surface area contributed by atoms with Crippen molar-refractivity contribution >= 4 is 0 Å². The van der Waals surface area contributed by atoms with E-state index in [-0.39, 0.29) is 0 Å². The van der Waals surface area contributed by atoms with Gasteiger partial charge in [0.25, 0.3) is 0 Å². The van der Waals surface area contributed by atoms with E-state index in [2.05, 4.69) is 17.2 Å². The number of ether oxygens (including phenoxy) is 2. The molecule has 0 aliphatic heterocycles. The first-order chi connectivity index (χ1) is 7.86. The molecule has 0 spiro atoms. The van der Waals surface area contributed by atoms with Crippen LogP contribution in [-0.2, 0) is 22.4 Å². The van der Waals surface area contributed by atoms with E-state index in [0.29, 0.717) is 19.8 Å². The molecular formula is C11H19N3O2. The van der Waals surface area contributed by atoms with Gasteiger partial charge in [-0.05, 0) is 13.3 Å². The molecule has 0 atom stereocenters. The highest BCUT2D eigenvalue weighted by atomic mass is 16.5. The second-order valence-corrected chi connectivity index (χ2v) is 3.28. The van der Waals surface area contributed by atoms with Gasteiger partial charge in [0.2, 0.25) is 0 Å². The minimum Gasteiger partial charge on any atom is -0.499 e. The van der Waals surface area contributed by atoms with Crippen molar-refractivity contribution in [3.05, 3.63) is 24.2 Å². The molecule has 0 radical (unpaired) electrons. The maximum atomic E-state index is 5.38. The second kappa shape index (κ2) is 7.87. The molecule has 0 unspecified atom stereocenters. The van der Waals surface area contributed by atoms with Crippen molar-refractivity contribution in [2.24, 2.45) is 0 Å². The van der Waals surface area contributed by atoms with Gasteiger partial charge in [0.1, 0.15) is 6.61 Å². The molecule has 90 valence electrons. The van der Waals surface area contributed by atoms with Crippen molar-refractivity contribution in [3.8, 4) is 0 Å². The van der Waals surface area contributed by atoms with Crippen LogP contribution >= 0.6 is 0 Å². The number of hydrogen-bond donors (Lipinski definition) is 0. The number of rotatable bonds is 8. The lowest BCUT2D eigenvalue weighted by molar-refractivity contribution is 0.0783. The van der Waals surface area contributed by atoms with Crippen molar-refractivity contribution in [3.63, 3.8) is 0 Å². The molecule has 0 aliphatic rings. The van der Waals surface area contributed by atoms with Gasteiger partial charge in [0.15, 0.2) is 0 Å². The van der Waals surface area contributed by atoms with Crippen LogP contribution in [0.15, 0.2) is 18.5 Å². The summed E-state index contributed by atoms with van der Waals surface area (Å²) in [5.74, 6) is 0. The molecule has 1 rings (SSSR count). The van der Waals surface area contributed by atoms with Crippen LogP contribution in [0, 0.1) is 0 Å². The first-order valence-electron chi connectivity index (χ1n) is 5.56. The summed E-state index contributed by atoms with van der Waals surface area (Å²) in [6, 6.07) is 0. The van der Waals surface area contributed by atoms with E-state index in [1.165, 1.54) is 0 Å². The van der Waals surface area contributed by atoms with E-state index < -0.39 is 0 Å². The molecule has 5 heteroatoms. The SMILES string of the molecule is C/C=C/OCCOCCn1cc(CC)nn1. The molecule has 16 heavy (non-hydrogen) atoms. The van der Waals surface area contributed by atoms with Gasteiger partial charge in [-0.2, -0.15) is 0 Å². The Balaban J connectivity index is 2.02. The fourth-order valence-corrected chi connectivity index (χ4v) is 1.14. The van der Waals surface area contributed by atoms with E-state index in [4.69, 9.17) is 9.47 Å². The molecule has 1 aromatic rings. The van der Waals surface area contributed by atoms with Crippen LogP contribution < -0.4 is 0 Å². The third-order valence-corrected chi connectivity index (χ3v) is 1.99. The Labute approximate surface area is 96.0 Å². The molecule has 0 fully saturated rings. The van der Waals surface area contributed by atoms with E-state index >= 15 is 0 Å². The predicted molar refractivity (Wildman–Crippen MR) is 61.0 cm³/mol. The van der Waals surface area contributed by atoms with Crippen LogP contribution in [-0.4, -0.2) is 34.8 Å². The molecule has 0 saturated carbocycles. The maximum Gasteiger partial charge on any atom is 0.111 e. The lowest BCUT2D eigenvalue weighted by Gasteiger charge is -2.03. The summed E-state index contributed by atoms with van der Waals surface area (Å²) in [5, 5.41) is 7.98. The van der Waals surface area contributed by atoms with Crippen LogP contribution in [0.4, 0.5) is 0 Å². The highest BCUT2D eigenvalue weighted by Gasteiger charge is 1.97. The monoisotopic (exact) mass is 225 g/mol. The average Bonchev–Trinajstić information content (AvgIpc) is 2.76. The van der Waals surface area contributed by atoms with Crippen LogP contribution in [0.1, 0.15) is 19.5 Å². The van der Waals surface area contributed by atoms with E-state index in [1.54, 1.807) is 10.9 Å². The number of aromatic nitrogens is 3. The van der Waals surface area contributed by atoms with Crippen LogP contribution in [0.5, 0.6) is 0 Å². The number of nitrogens with zero attached hydrogens (tertiary/aromatic N) is 3. The second-order valence-electron chi connectivity index (χ2n) is 3.28. The Morgan fingerprint density at radius 2 is 2.25 bits per heavy atom. The summed E-state index contributed by atoms with van der Waals surface area (Å²) < 4.78 is 12.3. The van der Waals surface area contributed by atoms with Gasteiger partial charge < -0.3 is 9.47 Å². The minimum atomic E-state index is 0.585. The van der Waals surface area contributed by atoms with Gasteiger partial charge in [-0.25, -0.2) is 4.68 Å². The number of allylic oxidation sites excluding steroid dienone is 1. The third kappa shape index (κ3) is 4.93. The lowest BCUT2D eigenvalue weighted by Crippen LogP contribution is -2.09. The highest BCUT2D eigenvalue weighted by molar-refractivity contribution is 4.90. The molecule has 0 aromatic carbocycles. The van der Waals surface area contributed by atoms with Gasteiger partial charge in [-0.3, -0.25) is 0 Å². The third-order valence-electron chi connectivity index (χ3n) is 1.99. The van der Waals surface area contributed by atoms with Gasteiger partial charge in [0.05, 0.1) is 31.7 Å². The largest absolute Gasteiger partial charge is 0.499 e. The lowest BCUT2D eigenvalue weighted by atomic mass is 10.4. The molecule has 5 nitrogen and oxygen atoms in total. The van der Waals surface area contributed by atoms with Crippen molar-refractivity contribution in [1.29, 1.82) is 0 Å². The minimum absolute atomic E-state index is 0.585. The zero-order valence-electron chi connectivity index (χ0n) is 9.93. The van der Waals surface area contributed by atoms with Crippen LogP contribution in [0.2, 0.25) is 0 Å². The predicted octanol–water partition coefficient (Wildman–Crippen LogP) is 1.41. The Hall–Kier alpha value is -1.36. The van der Waals surface area contributed by atoms with E-state index in [0.717, 1.165) is 18.7 Å². The van der Waals surface area contributed by atoms with Gasteiger partial charge >= 0.3 is 0 Å². The maximum absolute atomic E-state index is 5.38. The summed E-state index contributed by atoms with van der Waals surface area (Å²) in [7, 11) is 0. The Bertz CT molecular complexity index is 310. The molecule has 0 bridgehead atoms. The molecule has 0 aliphatic carbocycles. The average molecular weight is 225 g/mol. The highest BCUT2D eigenvalue weighted by Crippen LogP contribution is 1.93. The van der Waals surface area contributed by atoms with Crippen molar-refractivity contribution in [2.75, 3.05) is 19.8 Å². The zero-order chi connectivity index (χ0) is 11.6. The summed E-state index contributed by atoms with van der Waals surface area (Å²) in [6.45, 7) is 6.52. The van der Waals surface area contributed by atoms with Crippen molar-refractivity contribution in [1.82, 2.24) is 15.0 Å². The summed E-state index contributed by atoms with van der Waals surface area (Å²) in [4.78, 5) is 0. The summed E-state index contributed by atoms with van der Waals surface area (Å²) in [6.07, 6.45) is 6.37. The first kappa shape index (κ1) is 12.7. The Morgan fingerprint density at radius 1 is 1.38 bits per heavy atom. The van der Waals surface area contributed by atoms with Crippen molar-refractivity contribution < 1.29 is 9.47 Å². The standard InChI is InChI=1S/C11H19N3O2/c1-3-6-15-8-9-16-7-5-14-10-11(4-2)12-13-14/h3,6,10H,4-5,7-9H2,1-2H3/b6-3+. The molecule has 1 heterocycles. The van der Waals surface area contributed by atoms with Gasteiger partial charge in [0, 0.05) is 6.20 Å². The zero-order valence-corrected chi connectivity index (χ0v) is 9.93. The fourth-order valence-electron chi connectivity index (χ4n) is 1.14. The summed E-state index contributed by atoms with van der Waals surface area (Å²) in [5.41, 5.74) is 1.01. The first-order valence-corrected chi connectivity index (χ1v) is 5.56. The van der Waals surface area contributed by atoms with Gasteiger partial charge in [-0.15, -0.1) is 5.10 Å². The summed E-state index contributed by atoms with van der Waals surface area (Å²) >= 11 is 0. The smallest absolute Gasteiger partial charge is 0.111 e. The molecule has 0 amide bonds. The number of aryl methyl sites for hydroxylation is 1. The van der Waals surface area contributed by atoms with E-state index in [1.807, 2.05) is 19.2 Å². The fraction of sp³-hybridized carbons (Fsp3) is 0.636.